The number of hydrogen-bond donors (Lipinski definition) is 2. The maximum absolute atomic E-state index is 8.79. The first-order chi connectivity index (χ1) is 7.65. The molecule has 90 valence electrons. The molecule has 0 saturated carbocycles. The van der Waals surface area contributed by atoms with E-state index >= 15 is 0 Å². The van der Waals surface area contributed by atoms with Gasteiger partial charge in [-0.15, -0.1) is 0 Å². The molecule has 0 aliphatic heterocycles. The van der Waals surface area contributed by atoms with Crippen LogP contribution in [0, 0.1) is 6.92 Å². The van der Waals surface area contributed by atoms with Gasteiger partial charge in [0.05, 0.1) is 6.61 Å². The normalized spacial score (nSPS) is 13.1. The number of aryl methyl sites for hydroxylation is 1. The summed E-state index contributed by atoms with van der Waals surface area (Å²) in [6.07, 6.45) is 0.918. The number of hydrogen-bond acceptors (Lipinski definition) is 3. The van der Waals surface area contributed by atoms with E-state index in [0.717, 1.165) is 13.0 Å². The molecule has 0 aromatic heterocycles. The average Bonchev–Trinajstić information content (AvgIpc) is 2.27. The minimum Gasteiger partial charge on any atom is -0.395 e. The zero-order chi connectivity index (χ0) is 12.0. The number of nitrogens with zero attached hydrogens (tertiary/aromatic N) is 1. The summed E-state index contributed by atoms with van der Waals surface area (Å²) in [4.78, 5) is 2.10. The van der Waals surface area contributed by atoms with Crippen LogP contribution in [0.4, 0.5) is 0 Å². The lowest BCUT2D eigenvalue weighted by molar-refractivity contribution is 0.217. The Morgan fingerprint density at radius 1 is 1.31 bits per heavy atom. The van der Waals surface area contributed by atoms with Gasteiger partial charge in [-0.3, -0.25) is 0 Å². The van der Waals surface area contributed by atoms with E-state index in [1.54, 1.807) is 0 Å². The Balaban J connectivity index is 2.46. The Morgan fingerprint density at radius 3 is 2.62 bits per heavy atom. The van der Waals surface area contributed by atoms with E-state index in [9.17, 15) is 0 Å². The number of rotatable bonds is 6. The van der Waals surface area contributed by atoms with Gasteiger partial charge in [-0.05, 0) is 38.1 Å². The molecular weight excluding hydrogens is 200 g/mol. The Labute approximate surface area is 97.9 Å². The fraction of sp³-hybridized carbons (Fsp3) is 0.538. The molecule has 1 atom stereocenters. The molecule has 0 aliphatic rings. The molecule has 16 heavy (non-hydrogen) atoms. The van der Waals surface area contributed by atoms with Gasteiger partial charge >= 0.3 is 0 Å². The molecule has 1 aromatic carbocycles. The average molecular weight is 222 g/mol. The molecule has 0 amide bonds. The van der Waals surface area contributed by atoms with Crippen LogP contribution in [0.1, 0.15) is 23.6 Å². The Morgan fingerprint density at radius 2 is 2.00 bits per heavy atom. The maximum Gasteiger partial charge on any atom is 0.0558 e. The SMILES string of the molecule is Cc1ccccc1C(N)CCN(C)CCO. The van der Waals surface area contributed by atoms with Crippen LogP contribution in [-0.4, -0.2) is 36.8 Å². The number of aliphatic hydroxyl groups is 1. The van der Waals surface area contributed by atoms with Gasteiger partial charge < -0.3 is 15.7 Å². The Kier molecular flexibility index (Phi) is 5.46. The van der Waals surface area contributed by atoms with E-state index < -0.39 is 0 Å². The van der Waals surface area contributed by atoms with Crippen LogP contribution in [-0.2, 0) is 0 Å². The smallest absolute Gasteiger partial charge is 0.0558 e. The molecule has 3 heteroatoms. The monoisotopic (exact) mass is 222 g/mol. The lowest BCUT2D eigenvalue weighted by Gasteiger charge is -2.19. The van der Waals surface area contributed by atoms with Crippen molar-refractivity contribution in [1.29, 1.82) is 0 Å². The molecule has 0 radical (unpaired) electrons. The molecule has 3 nitrogen and oxygen atoms in total. The molecule has 0 saturated heterocycles. The van der Waals surface area contributed by atoms with E-state index in [1.807, 2.05) is 19.2 Å². The van der Waals surface area contributed by atoms with E-state index in [2.05, 4.69) is 24.0 Å². The van der Waals surface area contributed by atoms with E-state index in [4.69, 9.17) is 10.8 Å². The molecule has 0 spiro atoms. The second kappa shape index (κ2) is 6.63. The summed E-state index contributed by atoms with van der Waals surface area (Å²) in [6.45, 7) is 3.92. The fourth-order valence-electron chi connectivity index (χ4n) is 1.80. The minimum atomic E-state index is 0.0855. The van der Waals surface area contributed by atoms with Gasteiger partial charge in [0.15, 0.2) is 0 Å². The molecule has 0 bridgehead atoms. The zero-order valence-corrected chi connectivity index (χ0v) is 10.2. The maximum atomic E-state index is 8.79. The van der Waals surface area contributed by atoms with Gasteiger partial charge in [0, 0.05) is 12.6 Å². The number of benzene rings is 1. The van der Waals surface area contributed by atoms with Crippen molar-refractivity contribution in [2.75, 3.05) is 26.7 Å². The van der Waals surface area contributed by atoms with Crippen molar-refractivity contribution in [2.45, 2.75) is 19.4 Å². The number of aliphatic hydroxyl groups excluding tert-OH is 1. The second-order valence-electron chi connectivity index (χ2n) is 4.28. The predicted molar refractivity (Wildman–Crippen MR) is 67.3 cm³/mol. The van der Waals surface area contributed by atoms with Gasteiger partial charge in [-0.25, -0.2) is 0 Å². The topological polar surface area (TPSA) is 49.5 Å². The summed E-state index contributed by atoms with van der Waals surface area (Å²) >= 11 is 0. The standard InChI is InChI=1S/C13H22N2O/c1-11-5-3-4-6-12(11)13(14)7-8-15(2)9-10-16/h3-6,13,16H,7-10,14H2,1-2H3. The lowest BCUT2D eigenvalue weighted by Crippen LogP contribution is -2.26. The molecule has 1 rings (SSSR count). The van der Waals surface area contributed by atoms with Crippen molar-refractivity contribution in [1.82, 2.24) is 4.90 Å². The lowest BCUT2D eigenvalue weighted by atomic mass is 9.99. The molecule has 0 aliphatic carbocycles. The third-order valence-electron chi connectivity index (χ3n) is 2.89. The van der Waals surface area contributed by atoms with Gasteiger partial charge in [0.2, 0.25) is 0 Å². The van der Waals surface area contributed by atoms with Crippen molar-refractivity contribution in [3.05, 3.63) is 35.4 Å². The highest BCUT2D eigenvalue weighted by Gasteiger charge is 2.09. The second-order valence-corrected chi connectivity index (χ2v) is 4.28. The third-order valence-corrected chi connectivity index (χ3v) is 2.89. The van der Waals surface area contributed by atoms with E-state index in [-0.39, 0.29) is 12.6 Å². The van der Waals surface area contributed by atoms with Crippen molar-refractivity contribution in [3.63, 3.8) is 0 Å². The quantitative estimate of drug-likeness (QED) is 0.763. The van der Waals surface area contributed by atoms with Crippen molar-refractivity contribution < 1.29 is 5.11 Å². The number of likely N-dealkylation sites (N-methyl/N-ethyl adjacent to an activating group) is 1. The van der Waals surface area contributed by atoms with Crippen LogP contribution >= 0.6 is 0 Å². The summed E-state index contributed by atoms with van der Waals surface area (Å²) in [5.74, 6) is 0. The van der Waals surface area contributed by atoms with Crippen molar-refractivity contribution >= 4 is 0 Å². The molecular formula is C13H22N2O. The largest absolute Gasteiger partial charge is 0.395 e. The summed E-state index contributed by atoms with van der Waals surface area (Å²) < 4.78 is 0. The van der Waals surface area contributed by atoms with Crippen LogP contribution in [0.15, 0.2) is 24.3 Å². The molecule has 0 fully saturated rings. The van der Waals surface area contributed by atoms with E-state index in [1.165, 1.54) is 11.1 Å². The number of nitrogens with two attached hydrogens (primary N) is 1. The first-order valence-electron chi connectivity index (χ1n) is 5.75. The highest BCUT2D eigenvalue weighted by molar-refractivity contribution is 5.28. The Bertz CT molecular complexity index is 315. The minimum absolute atomic E-state index is 0.0855. The highest BCUT2D eigenvalue weighted by Crippen LogP contribution is 2.17. The van der Waals surface area contributed by atoms with Gasteiger partial charge in [0.25, 0.3) is 0 Å². The first-order valence-corrected chi connectivity index (χ1v) is 5.75. The van der Waals surface area contributed by atoms with Gasteiger partial charge in [-0.2, -0.15) is 0 Å². The summed E-state index contributed by atoms with van der Waals surface area (Å²) in [7, 11) is 2.00. The van der Waals surface area contributed by atoms with Crippen molar-refractivity contribution in [3.8, 4) is 0 Å². The van der Waals surface area contributed by atoms with Gasteiger partial charge in [0.1, 0.15) is 0 Å². The first kappa shape index (κ1) is 13.2. The van der Waals surface area contributed by atoms with Crippen LogP contribution in [0.3, 0.4) is 0 Å². The third kappa shape index (κ3) is 3.93. The molecule has 3 N–H and O–H groups in total. The fourth-order valence-corrected chi connectivity index (χ4v) is 1.80. The van der Waals surface area contributed by atoms with Crippen LogP contribution in [0.25, 0.3) is 0 Å². The van der Waals surface area contributed by atoms with Crippen molar-refractivity contribution in [2.24, 2.45) is 5.73 Å². The molecule has 1 unspecified atom stereocenters. The summed E-state index contributed by atoms with van der Waals surface area (Å²) in [6, 6.07) is 8.32. The van der Waals surface area contributed by atoms with Crippen LogP contribution in [0.2, 0.25) is 0 Å². The Hall–Kier alpha value is -0.900. The molecule has 0 heterocycles. The summed E-state index contributed by atoms with van der Waals surface area (Å²) in [5, 5.41) is 8.79. The summed E-state index contributed by atoms with van der Waals surface area (Å²) in [5.41, 5.74) is 8.62. The predicted octanol–water partition coefficient (Wildman–Crippen LogP) is 1.31. The highest BCUT2D eigenvalue weighted by atomic mass is 16.3. The van der Waals surface area contributed by atoms with E-state index in [0.29, 0.717) is 6.54 Å². The van der Waals surface area contributed by atoms with Gasteiger partial charge in [-0.1, -0.05) is 24.3 Å². The van der Waals surface area contributed by atoms with Crippen LogP contribution < -0.4 is 5.73 Å². The molecule has 1 aromatic rings. The van der Waals surface area contributed by atoms with Crippen LogP contribution in [0.5, 0.6) is 0 Å². The zero-order valence-electron chi connectivity index (χ0n) is 10.2.